The molecule has 1 N–H and O–H groups in total. The molecule has 1 atom stereocenters. The van der Waals surface area contributed by atoms with Crippen LogP contribution < -0.4 is 15.0 Å². The number of nitrogens with one attached hydrogen (secondary N) is 1. The van der Waals surface area contributed by atoms with E-state index in [0.717, 1.165) is 21.9 Å². The first-order valence-electron chi connectivity index (χ1n) is 9.82. The minimum absolute atomic E-state index is 0.0976. The Kier molecular flexibility index (Phi) is 5.00. The summed E-state index contributed by atoms with van der Waals surface area (Å²) in [6.07, 6.45) is 1.21. The van der Waals surface area contributed by atoms with E-state index >= 15 is 0 Å². The number of carbonyl (C=O) groups excluding carboxylic acids is 2. The van der Waals surface area contributed by atoms with Gasteiger partial charge in [0.25, 0.3) is 11.8 Å². The number of carbonyl (C=O) groups is 2. The maximum absolute atomic E-state index is 13.0. The summed E-state index contributed by atoms with van der Waals surface area (Å²) >= 11 is 6.29. The molecule has 1 unspecified atom stereocenters. The molecule has 0 saturated carbocycles. The average Bonchev–Trinajstić information content (AvgIpc) is 3.08. The molecule has 5 rings (SSSR count). The number of thiocarbonyl (C=S) groups is 1. The van der Waals surface area contributed by atoms with Gasteiger partial charge in [-0.25, -0.2) is 0 Å². The molecule has 2 heterocycles. The Morgan fingerprint density at radius 2 is 1.90 bits per heavy atom. The van der Waals surface area contributed by atoms with Crippen LogP contribution in [-0.4, -0.2) is 22.2 Å². The van der Waals surface area contributed by atoms with Crippen molar-refractivity contribution in [2.75, 3.05) is 4.90 Å². The van der Waals surface area contributed by atoms with Gasteiger partial charge in [-0.2, -0.15) is 0 Å². The van der Waals surface area contributed by atoms with Crippen LogP contribution in [0.25, 0.3) is 16.8 Å². The number of rotatable bonds is 3. The summed E-state index contributed by atoms with van der Waals surface area (Å²) in [4.78, 5) is 27.3. The molecule has 154 valence electrons. The Bertz CT molecular complexity index is 1280. The quantitative estimate of drug-likeness (QED) is 0.469. The number of nitrogens with zero attached hydrogens (tertiary/aromatic N) is 1. The van der Waals surface area contributed by atoms with Gasteiger partial charge in [-0.05, 0) is 53.1 Å². The van der Waals surface area contributed by atoms with Gasteiger partial charge in [0.1, 0.15) is 10.1 Å². The fraction of sp³-hybridized carbons (Fsp3) is 0.125. The van der Waals surface area contributed by atoms with Crippen molar-refractivity contribution < 1.29 is 14.3 Å². The number of benzene rings is 3. The van der Waals surface area contributed by atoms with Gasteiger partial charge in [0.05, 0.1) is 17.1 Å². The minimum Gasteiger partial charge on any atom is -0.479 e. The third-order valence-corrected chi connectivity index (χ3v) is 6.45. The molecule has 2 amide bonds. The Hall–Kier alpha value is -3.16. The van der Waals surface area contributed by atoms with E-state index < -0.39 is 6.10 Å². The molecule has 5 nitrogen and oxygen atoms in total. The van der Waals surface area contributed by atoms with Crippen LogP contribution in [-0.2, 0) is 16.1 Å². The second kappa shape index (κ2) is 7.83. The Morgan fingerprint density at radius 1 is 1.10 bits per heavy atom. The predicted octanol–water partition coefficient (Wildman–Crippen LogP) is 4.64. The van der Waals surface area contributed by atoms with Crippen molar-refractivity contribution in [3.63, 3.8) is 0 Å². The number of amides is 2. The first-order valence-corrected chi connectivity index (χ1v) is 11.0. The lowest BCUT2D eigenvalue weighted by atomic mass is 10.0. The molecule has 0 aromatic heterocycles. The van der Waals surface area contributed by atoms with E-state index in [0.29, 0.717) is 27.2 Å². The number of hydrogen-bond donors (Lipinski definition) is 1. The van der Waals surface area contributed by atoms with Crippen molar-refractivity contribution in [3.8, 4) is 5.75 Å². The smallest absolute Gasteiger partial charge is 0.268 e. The number of fused-ring (bicyclic) bond motifs is 2. The summed E-state index contributed by atoms with van der Waals surface area (Å²) in [5, 5.41) is 4.91. The molecule has 0 bridgehead atoms. The Labute approximate surface area is 189 Å². The normalized spacial score (nSPS) is 19.5. The van der Waals surface area contributed by atoms with Crippen LogP contribution in [0.2, 0.25) is 0 Å². The second-order valence-electron chi connectivity index (χ2n) is 7.45. The lowest BCUT2D eigenvalue weighted by Crippen LogP contribution is -2.44. The van der Waals surface area contributed by atoms with Gasteiger partial charge < -0.3 is 15.0 Å². The van der Waals surface area contributed by atoms with Crippen molar-refractivity contribution >= 4 is 62.7 Å². The molecule has 0 spiro atoms. The summed E-state index contributed by atoms with van der Waals surface area (Å²) in [6, 6.07) is 20.0. The number of thioether (sulfide) groups is 1. The number of hydrogen-bond acceptors (Lipinski definition) is 5. The van der Waals surface area contributed by atoms with E-state index in [9.17, 15) is 9.59 Å². The maximum Gasteiger partial charge on any atom is 0.268 e. The second-order valence-corrected chi connectivity index (χ2v) is 9.16. The molecule has 3 aromatic carbocycles. The summed E-state index contributed by atoms with van der Waals surface area (Å²) in [5.74, 6) is 0.343. The van der Waals surface area contributed by atoms with Crippen molar-refractivity contribution in [1.82, 2.24) is 5.32 Å². The maximum atomic E-state index is 13.0. The van der Waals surface area contributed by atoms with Crippen LogP contribution >= 0.6 is 24.0 Å². The molecule has 31 heavy (non-hydrogen) atoms. The lowest BCUT2D eigenvalue weighted by Gasteiger charge is -2.33. The van der Waals surface area contributed by atoms with Crippen molar-refractivity contribution in [1.29, 1.82) is 0 Å². The number of anilines is 1. The van der Waals surface area contributed by atoms with Crippen LogP contribution in [0.15, 0.2) is 65.6 Å². The van der Waals surface area contributed by atoms with E-state index in [-0.39, 0.29) is 11.8 Å². The summed E-state index contributed by atoms with van der Waals surface area (Å²) < 4.78 is 6.27. The average molecular weight is 447 g/mol. The van der Waals surface area contributed by atoms with Gasteiger partial charge in [0, 0.05) is 0 Å². The minimum atomic E-state index is -0.564. The fourth-order valence-electron chi connectivity index (χ4n) is 3.77. The summed E-state index contributed by atoms with van der Waals surface area (Å²) in [5.41, 5.74) is 2.53. The zero-order chi connectivity index (χ0) is 21.5. The standard InChI is InChI=1S/C24H18N2O3S2/c1-14-23(28)26(13-16-6-8-17-4-2-3-5-18(17)10-16)19-11-15(7-9-20(19)29-14)12-21-22(27)25-24(30)31-21/h2-12,14H,13H2,1H3,(H,25,27,30). The van der Waals surface area contributed by atoms with Crippen LogP contribution in [0, 0.1) is 0 Å². The third-order valence-electron chi connectivity index (χ3n) is 5.29. The highest BCUT2D eigenvalue weighted by molar-refractivity contribution is 8.26. The van der Waals surface area contributed by atoms with Gasteiger partial charge in [0.15, 0.2) is 6.10 Å². The Balaban J connectivity index is 1.52. The first kappa shape index (κ1) is 19.8. The topological polar surface area (TPSA) is 58.6 Å². The van der Waals surface area contributed by atoms with Gasteiger partial charge in [-0.15, -0.1) is 0 Å². The van der Waals surface area contributed by atoms with E-state index in [1.165, 1.54) is 11.8 Å². The molecular weight excluding hydrogens is 428 g/mol. The molecule has 0 radical (unpaired) electrons. The Morgan fingerprint density at radius 3 is 2.68 bits per heavy atom. The van der Waals surface area contributed by atoms with Crippen molar-refractivity contribution in [3.05, 3.63) is 76.7 Å². The number of ether oxygens (including phenoxy) is 1. The van der Waals surface area contributed by atoms with Crippen molar-refractivity contribution in [2.24, 2.45) is 0 Å². The summed E-state index contributed by atoms with van der Waals surface area (Å²) in [6.45, 7) is 2.19. The highest BCUT2D eigenvalue weighted by atomic mass is 32.2. The monoisotopic (exact) mass is 446 g/mol. The van der Waals surface area contributed by atoms with Crippen LogP contribution in [0.3, 0.4) is 0 Å². The van der Waals surface area contributed by atoms with Crippen LogP contribution in [0.5, 0.6) is 5.75 Å². The molecular formula is C24H18N2O3S2. The van der Waals surface area contributed by atoms with E-state index in [1.807, 2.05) is 36.4 Å². The molecule has 1 saturated heterocycles. The molecule has 1 fully saturated rings. The highest BCUT2D eigenvalue weighted by Gasteiger charge is 2.32. The fourth-order valence-corrected chi connectivity index (χ4v) is 4.81. The third kappa shape index (κ3) is 3.82. The van der Waals surface area contributed by atoms with Gasteiger partial charge in [-0.3, -0.25) is 9.59 Å². The lowest BCUT2D eigenvalue weighted by molar-refractivity contribution is -0.125. The molecule has 2 aliphatic heterocycles. The highest BCUT2D eigenvalue weighted by Crippen LogP contribution is 2.37. The molecule has 0 aliphatic carbocycles. The van der Waals surface area contributed by atoms with Gasteiger partial charge in [-0.1, -0.05) is 66.4 Å². The van der Waals surface area contributed by atoms with Crippen molar-refractivity contribution in [2.45, 2.75) is 19.6 Å². The molecule has 7 heteroatoms. The zero-order valence-corrected chi connectivity index (χ0v) is 18.3. The first-order chi connectivity index (χ1) is 15.0. The predicted molar refractivity (Wildman–Crippen MR) is 128 cm³/mol. The largest absolute Gasteiger partial charge is 0.479 e. The summed E-state index contributed by atoms with van der Waals surface area (Å²) in [7, 11) is 0. The van der Waals surface area contributed by atoms with Crippen LogP contribution in [0.4, 0.5) is 5.69 Å². The van der Waals surface area contributed by atoms with Gasteiger partial charge >= 0.3 is 0 Å². The van der Waals surface area contributed by atoms with Crippen LogP contribution in [0.1, 0.15) is 18.1 Å². The van der Waals surface area contributed by atoms with Gasteiger partial charge in [0.2, 0.25) is 0 Å². The van der Waals surface area contributed by atoms with E-state index in [2.05, 4.69) is 29.6 Å². The van der Waals surface area contributed by atoms with E-state index in [4.69, 9.17) is 17.0 Å². The SMILES string of the molecule is CC1Oc2ccc(C=C3SC(=S)NC3=O)cc2N(Cc2ccc3ccccc3c2)C1=O. The molecule has 2 aliphatic rings. The molecule has 3 aromatic rings. The zero-order valence-electron chi connectivity index (χ0n) is 16.6. The van der Waals surface area contributed by atoms with E-state index in [1.54, 1.807) is 17.9 Å².